The largest absolute Gasteiger partial charge is 0.419 e. The van der Waals surface area contributed by atoms with E-state index < -0.39 is 11.7 Å². The molecule has 1 unspecified atom stereocenters. The minimum atomic E-state index is -4.58. The molecule has 1 aliphatic heterocycles. The lowest BCUT2D eigenvalue weighted by Crippen LogP contribution is -2.27. The van der Waals surface area contributed by atoms with Crippen LogP contribution in [-0.4, -0.2) is 17.8 Å². The molecule has 19 heavy (non-hydrogen) atoms. The zero-order chi connectivity index (χ0) is 14.2. The van der Waals surface area contributed by atoms with Crippen LogP contribution >= 0.6 is 27.5 Å². The molecule has 2 rings (SSSR count). The van der Waals surface area contributed by atoms with Crippen molar-refractivity contribution in [1.82, 2.24) is 0 Å². The fourth-order valence-electron chi connectivity index (χ4n) is 2.14. The highest BCUT2D eigenvalue weighted by Crippen LogP contribution is 2.42. The number of alkyl halides is 4. The number of carbonyl (C=O) groups is 1. The summed E-state index contributed by atoms with van der Waals surface area (Å²) in [4.78, 5) is 13.0. The molecule has 0 bridgehead atoms. The SMILES string of the molecule is O=C1CC(CBr)CN1c1cccc(Cl)c1C(F)(F)F. The molecule has 1 amide bonds. The van der Waals surface area contributed by atoms with Crippen LogP contribution in [0.2, 0.25) is 5.02 Å². The van der Waals surface area contributed by atoms with Gasteiger partial charge in [0.25, 0.3) is 0 Å². The van der Waals surface area contributed by atoms with Crippen LogP contribution in [-0.2, 0) is 11.0 Å². The van der Waals surface area contributed by atoms with Gasteiger partial charge in [-0.05, 0) is 18.1 Å². The molecule has 104 valence electrons. The standard InChI is InChI=1S/C12H10BrClF3NO/c13-5-7-4-10(19)18(6-7)9-3-1-2-8(14)11(9)12(15,16)17/h1-3,7H,4-6H2. The maximum atomic E-state index is 13.0. The molecule has 1 aliphatic rings. The van der Waals surface area contributed by atoms with E-state index in [4.69, 9.17) is 11.6 Å². The number of amides is 1. The monoisotopic (exact) mass is 355 g/mol. The lowest BCUT2D eigenvalue weighted by atomic mass is 10.1. The van der Waals surface area contributed by atoms with Gasteiger partial charge in [0, 0.05) is 18.3 Å². The highest BCUT2D eigenvalue weighted by Gasteiger charge is 2.40. The number of carbonyl (C=O) groups excluding carboxylic acids is 1. The zero-order valence-electron chi connectivity index (χ0n) is 9.68. The summed E-state index contributed by atoms with van der Waals surface area (Å²) in [5.74, 6) is -0.287. The molecule has 7 heteroatoms. The summed E-state index contributed by atoms with van der Waals surface area (Å²) >= 11 is 8.89. The quantitative estimate of drug-likeness (QED) is 0.730. The summed E-state index contributed by atoms with van der Waals surface area (Å²) in [7, 11) is 0. The van der Waals surface area contributed by atoms with E-state index in [0.717, 1.165) is 0 Å². The Kier molecular flexibility index (Phi) is 4.11. The van der Waals surface area contributed by atoms with E-state index >= 15 is 0 Å². The summed E-state index contributed by atoms with van der Waals surface area (Å²) in [6.45, 7) is 0.271. The molecule has 0 aromatic heterocycles. The number of halogens is 5. The van der Waals surface area contributed by atoms with E-state index in [0.29, 0.717) is 5.33 Å². The van der Waals surface area contributed by atoms with Gasteiger partial charge in [0.15, 0.2) is 0 Å². The predicted molar refractivity (Wildman–Crippen MR) is 70.7 cm³/mol. The minimum Gasteiger partial charge on any atom is -0.311 e. The van der Waals surface area contributed by atoms with Crippen molar-refractivity contribution in [3.8, 4) is 0 Å². The van der Waals surface area contributed by atoms with Gasteiger partial charge >= 0.3 is 6.18 Å². The van der Waals surface area contributed by atoms with Crippen LogP contribution < -0.4 is 4.90 Å². The van der Waals surface area contributed by atoms with Crippen molar-refractivity contribution in [1.29, 1.82) is 0 Å². The van der Waals surface area contributed by atoms with Crippen molar-refractivity contribution < 1.29 is 18.0 Å². The van der Waals surface area contributed by atoms with Gasteiger partial charge in [-0.25, -0.2) is 0 Å². The lowest BCUT2D eigenvalue weighted by Gasteiger charge is -2.22. The fourth-order valence-corrected chi connectivity index (χ4v) is 2.85. The second kappa shape index (κ2) is 5.32. The van der Waals surface area contributed by atoms with E-state index in [1.807, 2.05) is 0 Å². The molecule has 1 aromatic rings. The van der Waals surface area contributed by atoms with Crippen LogP contribution in [0.4, 0.5) is 18.9 Å². The van der Waals surface area contributed by atoms with Crippen LogP contribution in [0.1, 0.15) is 12.0 Å². The molecule has 0 spiro atoms. The zero-order valence-corrected chi connectivity index (χ0v) is 12.0. The summed E-state index contributed by atoms with van der Waals surface area (Å²) in [5, 5.41) is 0.192. The Morgan fingerprint density at radius 3 is 2.63 bits per heavy atom. The third-order valence-corrected chi connectivity index (χ3v) is 4.22. The van der Waals surface area contributed by atoms with Crippen molar-refractivity contribution >= 4 is 39.1 Å². The highest BCUT2D eigenvalue weighted by atomic mass is 79.9. The van der Waals surface area contributed by atoms with Crippen molar-refractivity contribution in [3.63, 3.8) is 0 Å². The lowest BCUT2D eigenvalue weighted by molar-refractivity contribution is -0.137. The number of hydrogen-bond acceptors (Lipinski definition) is 1. The molecule has 1 atom stereocenters. The van der Waals surface area contributed by atoms with Gasteiger partial charge in [-0.1, -0.05) is 33.6 Å². The van der Waals surface area contributed by atoms with Crippen LogP contribution in [0.25, 0.3) is 0 Å². The first-order valence-corrected chi connectivity index (χ1v) is 7.06. The Morgan fingerprint density at radius 2 is 2.11 bits per heavy atom. The highest BCUT2D eigenvalue weighted by molar-refractivity contribution is 9.09. The maximum Gasteiger partial charge on any atom is 0.419 e. The molecule has 1 fully saturated rings. The third-order valence-electron chi connectivity index (χ3n) is 2.99. The molecule has 0 radical (unpaired) electrons. The average Bonchev–Trinajstić information content (AvgIpc) is 2.68. The van der Waals surface area contributed by atoms with Gasteiger partial charge in [-0.2, -0.15) is 13.2 Å². The first-order valence-electron chi connectivity index (χ1n) is 5.56. The Labute approximate surface area is 121 Å². The third kappa shape index (κ3) is 2.89. The molecule has 0 saturated carbocycles. The van der Waals surface area contributed by atoms with Crippen LogP contribution in [0.15, 0.2) is 18.2 Å². The number of hydrogen-bond donors (Lipinski definition) is 0. The van der Waals surface area contributed by atoms with E-state index in [1.54, 1.807) is 0 Å². The topological polar surface area (TPSA) is 20.3 Å². The van der Waals surface area contributed by atoms with Crippen LogP contribution in [0, 0.1) is 5.92 Å². The van der Waals surface area contributed by atoms with Crippen molar-refractivity contribution in [2.45, 2.75) is 12.6 Å². The van der Waals surface area contributed by atoms with E-state index in [-0.39, 0.29) is 35.5 Å². The van der Waals surface area contributed by atoms with Gasteiger partial charge in [-0.15, -0.1) is 0 Å². The van der Waals surface area contributed by atoms with Crippen molar-refractivity contribution in [3.05, 3.63) is 28.8 Å². The first kappa shape index (κ1) is 14.7. The smallest absolute Gasteiger partial charge is 0.311 e. The van der Waals surface area contributed by atoms with E-state index in [2.05, 4.69) is 15.9 Å². The molecule has 1 aromatic carbocycles. The molecule has 1 heterocycles. The Morgan fingerprint density at radius 1 is 1.42 bits per heavy atom. The van der Waals surface area contributed by atoms with Crippen LogP contribution in [0.3, 0.4) is 0 Å². The molecular formula is C12H10BrClF3NO. The van der Waals surface area contributed by atoms with Crippen molar-refractivity contribution in [2.24, 2.45) is 5.92 Å². The predicted octanol–water partition coefficient (Wildman–Crippen LogP) is 4.11. The second-order valence-electron chi connectivity index (χ2n) is 4.36. The van der Waals surface area contributed by atoms with Gasteiger partial charge in [0.2, 0.25) is 5.91 Å². The summed E-state index contributed by atoms with van der Waals surface area (Å²) in [6.07, 6.45) is -4.34. The number of anilines is 1. The van der Waals surface area contributed by atoms with Crippen molar-refractivity contribution in [2.75, 3.05) is 16.8 Å². The van der Waals surface area contributed by atoms with Gasteiger partial charge in [0.1, 0.15) is 0 Å². The Balaban J connectivity index is 2.46. The molecule has 2 nitrogen and oxygen atoms in total. The van der Waals surface area contributed by atoms with Crippen LogP contribution in [0.5, 0.6) is 0 Å². The van der Waals surface area contributed by atoms with E-state index in [9.17, 15) is 18.0 Å². The summed E-state index contributed by atoms with van der Waals surface area (Å²) < 4.78 is 39.1. The summed E-state index contributed by atoms with van der Waals surface area (Å²) in [5.41, 5.74) is -1.10. The normalized spacial score (nSPS) is 20.2. The Hall–Kier alpha value is -0.750. The van der Waals surface area contributed by atoms with Gasteiger partial charge in [-0.3, -0.25) is 4.79 Å². The van der Waals surface area contributed by atoms with Gasteiger partial charge < -0.3 is 4.90 Å². The fraction of sp³-hybridized carbons (Fsp3) is 0.417. The molecule has 0 aliphatic carbocycles. The number of nitrogens with zero attached hydrogens (tertiary/aromatic N) is 1. The van der Waals surface area contributed by atoms with Gasteiger partial charge in [0.05, 0.1) is 16.3 Å². The number of rotatable bonds is 2. The number of benzene rings is 1. The molecule has 0 N–H and O–H groups in total. The average molecular weight is 357 g/mol. The first-order chi connectivity index (χ1) is 8.84. The second-order valence-corrected chi connectivity index (χ2v) is 5.42. The summed E-state index contributed by atoms with van der Waals surface area (Å²) in [6, 6.07) is 3.88. The Bertz CT molecular complexity index is 506. The minimum absolute atomic E-state index is 0.0209. The molecular weight excluding hydrogens is 346 g/mol. The molecule has 1 saturated heterocycles. The maximum absolute atomic E-state index is 13.0. The van der Waals surface area contributed by atoms with E-state index in [1.165, 1.54) is 23.1 Å².